The maximum absolute atomic E-state index is 10.2. The highest BCUT2D eigenvalue weighted by molar-refractivity contribution is 7.81. The number of hydrogen-bond donors (Lipinski definition) is 3. The Balaban J connectivity index is 3.39. The summed E-state index contributed by atoms with van der Waals surface area (Å²) >= 11 is 3.73. The second kappa shape index (κ2) is 5.01. The molecule has 1 atom stereocenters. The Hall–Kier alpha value is -0.710. The number of hydrogen-bond acceptors (Lipinski definition) is 3. The molecule has 64 valence electrons. The molecule has 0 aliphatic heterocycles. The summed E-state index contributed by atoms with van der Waals surface area (Å²) in [5, 5.41) is 15.8. The number of rotatable bonds is 5. The number of thiol groups is 1. The largest absolute Gasteiger partial charge is 0.481 e. The summed E-state index contributed by atoms with van der Waals surface area (Å²) in [5.41, 5.74) is 0. The summed E-state index contributed by atoms with van der Waals surface area (Å²) in [4.78, 5) is 20.1. The normalized spacial score (nSPS) is 12.5. The van der Waals surface area contributed by atoms with Crippen LogP contribution in [0.15, 0.2) is 0 Å². The van der Waals surface area contributed by atoms with Gasteiger partial charge in [0.05, 0.1) is 5.25 Å². The van der Waals surface area contributed by atoms with Gasteiger partial charge in [-0.15, -0.1) is 0 Å². The lowest BCUT2D eigenvalue weighted by Gasteiger charge is -2.01. The van der Waals surface area contributed by atoms with Crippen molar-refractivity contribution < 1.29 is 19.8 Å². The fraction of sp³-hybridized carbons (Fsp3) is 0.667. The number of carboxylic acid groups (broad SMARTS) is 2. The van der Waals surface area contributed by atoms with Gasteiger partial charge in [0.15, 0.2) is 0 Å². The van der Waals surface area contributed by atoms with E-state index in [0.717, 1.165) is 0 Å². The van der Waals surface area contributed by atoms with Crippen molar-refractivity contribution in [3.8, 4) is 0 Å². The Morgan fingerprint density at radius 3 is 2.27 bits per heavy atom. The monoisotopic (exact) mass is 178 g/mol. The van der Waals surface area contributed by atoms with E-state index in [1.807, 2.05) is 0 Å². The first-order chi connectivity index (χ1) is 5.04. The van der Waals surface area contributed by atoms with Crippen molar-refractivity contribution in [3.05, 3.63) is 0 Å². The lowest BCUT2D eigenvalue weighted by molar-refractivity contribution is -0.139. The maximum Gasteiger partial charge on any atom is 0.316 e. The van der Waals surface area contributed by atoms with Crippen LogP contribution in [-0.4, -0.2) is 27.4 Å². The van der Waals surface area contributed by atoms with Crippen molar-refractivity contribution in [1.82, 2.24) is 0 Å². The Bertz CT molecular complexity index is 157. The second-order valence-electron chi connectivity index (χ2n) is 2.14. The van der Waals surface area contributed by atoms with E-state index < -0.39 is 17.2 Å². The molecule has 0 bridgehead atoms. The maximum atomic E-state index is 10.2. The Labute approximate surface area is 69.6 Å². The second-order valence-corrected chi connectivity index (χ2v) is 2.76. The van der Waals surface area contributed by atoms with Crippen molar-refractivity contribution in [2.75, 3.05) is 0 Å². The van der Waals surface area contributed by atoms with E-state index in [9.17, 15) is 9.59 Å². The summed E-state index contributed by atoms with van der Waals surface area (Å²) in [6.45, 7) is 0. The first-order valence-corrected chi connectivity index (χ1v) is 3.68. The van der Waals surface area contributed by atoms with Crippen LogP contribution in [0.3, 0.4) is 0 Å². The van der Waals surface area contributed by atoms with Crippen LogP contribution in [0.25, 0.3) is 0 Å². The number of carbonyl (C=O) groups is 2. The van der Waals surface area contributed by atoms with Crippen molar-refractivity contribution in [2.45, 2.75) is 24.5 Å². The first kappa shape index (κ1) is 10.3. The van der Waals surface area contributed by atoms with Gasteiger partial charge in [-0.25, -0.2) is 0 Å². The van der Waals surface area contributed by atoms with E-state index in [-0.39, 0.29) is 6.42 Å². The molecule has 0 rings (SSSR count). The molecule has 0 saturated heterocycles. The number of aliphatic carboxylic acids is 2. The van der Waals surface area contributed by atoms with Gasteiger partial charge >= 0.3 is 11.9 Å². The van der Waals surface area contributed by atoms with Gasteiger partial charge in [-0.05, 0) is 12.8 Å². The third-order valence-corrected chi connectivity index (χ3v) is 1.63. The predicted octanol–water partition coefficient (Wildman–Crippen LogP) is 0.624. The summed E-state index contributed by atoms with van der Waals surface area (Å²) in [5.74, 6) is -1.91. The minimum atomic E-state index is -1.00. The van der Waals surface area contributed by atoms with Gasteiger partial charge in [0.25, 0.3) is 0 Å². The Morgan fingerprint density at radius 2 is 1.91 bits per heavy atom. The molecule has 11 heavy (non-hydrogen) atoms. The van der Waals surface area contributed by atoms with E-state index in [2.05, 4.69) is 12.6 Å². The Morgan fingerprint density at radius 1 is 1.36 bits per heavy atom. The van der Waals surface area contributed by atoms with Crippen molar-refractivity contribution >= 4 is 24.6 Å². The summed E-state index contributed by atoms with van der Waals surface area (Å²) in [6.07, 6.45) is 0.658. The van der Waals surface area contributed by atoms with Gasteiger partial charge in [0, 0.05) is 6.42 Å². The zero-order valence-electron chi connectivity index (χ0n) is 5.86. The molecule has 0 aliphatic rings. The highest BCUT2D eigenvalue weighted by atomic mass is 32.1. The molecule has 4 nitrogen and oxygen atoms in total. The van der Waals surface area contributed by atoms with Gasteiger partial charge in [0.1, 0.15) is 0 Å². The van der Waals surface area contributed by atoms with Crippen LogP contribution < -0.4 is 0 Å². The topological polar surface area (TPSA) is 74.6 Å². The van der Waals surface area contributed by atoms with Crippen LogP contribution in [-0.2, 0) is 9.59 Å². The fourth-order valence-corrected chi connectivity index (χ4v) is 0.753. The van der Waals surface area contributed by atoms with Crippen LogP contribution in [0.5, 0.6) is 0 Å². The summed E-state index contributed by atoms with van der Waals surface area (Å²) in [7, 11) is 0. The molecule has 0 aromatic heterocycles. The van der Waals surface area contributed by atoms with E-state index >= 15 is 0 Å². The average Bonchev–Trinajstić information content (AvgIpc) is 1.86. The van der Waals surface area contributed by atoms with E-state index in [1.165, 1.54) is 0 Å². The molecule has 0 aromatic rings. The molecule has 0 amide bonds. The lowest BCUT2D eigenvalue weighted by atomic mass is 10.2. The van der Waals surface area contributed by atoms with Crippen molar-refractivity contribution in [3.63, 3.8) is 0 Å². The van der Waals surface area contributed by atoms with Crippen LogP contribution in [0.2, 0.25) is 0 Å². The van der Waals surface area contributed by atoms with Gasteiger partial charge in [-0.3, -0.25) is 9.59 Å². The first-order valence-electron chi connectivity index (χ1n) is 3.16. The molecule has 0 heterocycles. The Kier molecular flexibility index (Phi) is 4.69. The van der Waals surface area contributed by atoms with E-state index in [0.29, 0.717) is 12.8 Å². The molecule has 0 spiro atoms. The van der Waals surface area contributed by atoms with E-state index in [4.69, 9.17) is 10.2 Å². The van der Waals surface area contributed by atoms with Gasteiger partial charge < -0.3 is 10.2 Å². The molecular weight excluding hydrogens is 168 g/mol. The highest BCUT2D eigenvalue weighted by Crippen LogP contribution is 2.06. The quantitative estimate of drug-likeness (QED) is 0.539. The van der Waals surface area contributed by atoms with Gasteiger partial charge in [-0.1, -0.05) is 0 Å². The van der Waals surface area contributed by atoms with Crippen molar-refractivity contribution in [1.29, 1.82) is 0 Å². The molecule has 1 unspecified atom stereocenters. The number of carboxylic acids is 2. The van der Waals surface area contributed by atoms with Crippen LogP contribution in [0, 0.1) is 0 Å². The molecule has 2 N–H and O–H groups in total. The highest BCUT2D eigenvalue weighted by Gasteiger charge is 2.11. The van der Waals surface area contributed by atoms with Crippen LogP contribution >= 0.6 is 12.6 Å². The zero-order chi connectivity index (χ0) is 8.85. The smallest absolute Gasteiger partial charge is 0.316 e. The predicted molar refractivity (Wildman–Crippen MR) is 41.9 cm³/mol. The third-order valence-electron chi connectivity index (χ3n) is 1.15. The SMILES string of the molecule is O=C(O)CCCC(S)C(=O)O. The molecule has 5 heteroatoms. The van der Waals surface area contributed by atoms with Crippen LogP contribution in [0.1, 0.15) is 19.3 Å². The minimum Gasteiger partial charge on any atom is -0.481 e. The summed E-state index contributed by atoms with van der Waals surface area (Å²) in [6, 6.07) is 0. The average molecular weight is 178 g/mol. The fourth-order valence-electron chi connectivity index (χ4n) is 0.570. The van der Waals surface area contributed by atoms with Crippen molar-refractivity contribution in [2.24, 2.45) is 0 Å². The molecule has 0 saturated carbocycles. The standard InChI is InChI=1S/C6H10O4S/c7-5(8)3-1-2-4(11)6(9)10/h4,11H,1-3H2,(H,7,8)(H,9,10). The minimum absolute atomic E-state index is 0.00431. The summed E-state index contributed by atoms with van der Waals surface area (Å²) < 4.78 is 0. The van der Waals surface area contributed by atoms with Crippen LogP contribution in [0.4, 0.5) is 0 Å². The molecular formula is C6H10O4S. The molecule has 0 radical (unpaired) electrons. The van der Waals surface area contributed by atoms with Gasteiger partial charge in [-0.2, -0.15) is 12.6 Å². The third kappa shape index (κ3) is 5.72. The molecule has 0 fully saturated rings. The molecule has 0 aliphatic carbocycles. The lowest BCUT2D eigenvalue weighted by Crippen LogP contribution is -2.13. The molecule has 0 aromatic carbocycles. The zero-order valence-corrected chi connectivity index (χ0v) is 6.75. The van der Waals surface area contributed by atoms with E-state index in [1.54, 1.807) is 0 Å². The van der Waals surface area contributed by atoms with Gasteiger partial charge in [0.2, 0.25) is 0 Å².